The molecule has 0 fully saturated rings. The quantitative estimate of drug-likeness (QED) is 0.541. The van der Waals surface area contributed by atoms with E-state index in [0.29, 0.717) is 24.7 Å². The smallest absolute Gasteiger partial charge is 0.314 e. The van der Waals surface area contributed by atoms with Crippen molar-refractivity contribution in [2.45, 2.75) is 26.7 Å². The normalized spacial score (nSPS) is 10.0. The first kappa shape index (κ1) is 13.3. The Morgan fingerprint density at radius 2 is 1.82 bits per heavy atom. The van der Waals surface area contributed by atoms with Crippen molar-refractivity contribution in [3.8, 4) is 11.5 Å². The monoisotopic (exact) mass is 239 g/mol. The second-order valence-electron chi connectivity index (χ2n) is 3.58. The Kier molecular flexibility index (Phi) is 5.26. The first-order valence-electron chi connectivity index (χ1n) is 5.73. The molecule has 0 atom stereocenters. The van der Waals surface area contributed by atoms with Crippen molar-refractivity contribution in [3.63, 3.8) is 0 Å². The predicted octanol–water partition coefficient (Wildman–Crippen LogP) is 3.17. The fraction of sp³-hybridized carbons (Fsp3) is 0.500. The van der Waals surface area contributed by atoms with Crippen LogP contribution in [0.25, 0.3) is 0 Å². The number of ether oxygens (including phenoxy) is 2. The zero-order valence-electron chi connectivity index (χ0n) is 10.1. The molecule has 0 aliphatic heterocycles. The highest BCUT2D eigenvalue weighted by atomic mass is 16.6. The number of hydrogen-bond donors (Lipinski definition) is 0. The number of rotatable bonds is 7. The van der Waals surface area contributed by atoms with Gasteiger partial charge in [-0.25, -0.2) is 0 Å². The molecule has 1 aromatic carbocycles. The fourth-order valence-electron chi connectivity index (χ4n) is 1.28. The number of nitro benzene ring substituents is 1. The summed E-state index contributed by atoms with van der Waals surface area (Å²) in [4.78, 5) is 10.4. The van der Waals surface area contributed by atoms with Crippen LogP contribution in [0, 0.1) is 10.1 Å². The van der Waals surface area contributed by atoms with Crippen molar-refractivity contribution >= 4 is 5.69 Å². The van der Waals surface area contributed by atoms with Gasteiger partial charge in [0.15, 0.2) is 5.75 Å². The van der Waals surface area contributed by atoms with Crippen LogP contribution in [0.3, 0.4) is 0 Å². The molecule has 0 radical (unpaired) electrons. The highest BCUT2D eigenvalue weighted by molar-refractivity contribution is 5.50. The molecule has 1 aromatic rings. The zero-order valence-corrected chi connectivity index (χ0v) is 10.1. The molecule has 0 N–H and O–H groups in total. The molecule has 0 aliphatic carbocycles. The lowest BCUT2D eigenvalue weighted by molar-refractivity contribution is -0.385. The number of nitro groups is 1. The number of nitrogens with zero attached hydrogens (tertiary/aromatic N) is 1. The highest BCUT2D eigenvalue weighted by Crippen LogP contribution is 2.31. The van der Waals surface area contributed by atoms with Crippen LogP contribution in [-0.2, 0) is 0 Å². The summed E-state index contributed by atoms with van der Waals surface area (Å²) in [6.07, 6.45) is 1.67. The van der Waals surface area contributed by atoms with Gasteiger partial charge >= 0.3 is 5.69 Å². The SMILES string of the molecule is CCCOc1ccc(OCCC)c([N+](=O)[O-])c1. The molecule has 0 saturated heterocycles. The number of hydrogen-bond acceptors (Lipinski definition) is 4. The van der Waals surface area contributed by atoms with Crippen molar-refractivity contribution in [2.75, 3.05) is 13.2 Å². The molecule has 0 heterocycles. The van der Waals surface area contributed by atoms with E-state index >= 15 is 0 Å². The van der Waals surface area contributed by atoms with Gasteiger partial charge in [0.05, 0.1) is 24.2 Å². The van der Waals surface area contributed by atoms with E-state index < -0.39 is 4.92 Å². The maximum absolute atomic E-state index is 10.9. The lowest BCUT2D eigenvalue weighted by Crippen LogP contribution is -2.01. The molecule has 0 aliphatic rings. The fourth-order valence-corrected chi connectivity index (χ4v) is 1.28. The van der Waals surface area contributed by atoms with Crippen LogP contribution in [-0.4, -0.2) is 18.1 Å². The van der Waals surface area contributed by atoms with Crippen molar-refractivity contribution in [1.29, 1.82) is 0 Å². The van der Waals surface area contributed by atoms with Crippen LogP contribution in [0.4, 0.5) is 5.69 Å². The number of benzene rings is 1. The summed E-state index contributed by atoms with van der Waals surface area (Å²) in [6, 6.07) is 4.67. The Morgan fingerprint density at radius 1 is 1.18 bits per heavy atom. The lowest BCUT2D eigenvalue weighted by atomic mass is 10.3. The minimum atomic E-state index is -0.455. The zero-order chi connectivity index (χ0) is 12.7. The van der Waals surface area contributed by atoms with E-state index in [1.165, 1.54) is 6.07 Å². The summed E-state index contributed by atoms with van der Waals surface area (Å²) in [5, 5.41) is 10.9. The van der Waals surface area contributed by atoms with Gasteiger partial charge in [-0.2, -0.15) is 0 Å². The van der Waals surface area contributed by atoms with Gasteiger partial charge in [0.2, 0.25) is 0 Å². The highest BCUT2D eigenvalue weighted by Gasteiger charge is 2.16. The Labute approximate surface area is 101 Å². The molecule has 0 bridgehead atoms. The molecule has 5 heteroatoms. The maximum atomic E-state index is 10.9. The Balaban J connectivity index is 2.87. The predicted molar refractivity (Wildman–Crippen MR) is 64.7 cm³/mol. The Bertz CT molecular complexity index is 379. The van der Waals surface area contributed by atoms with Crippen LogP contribution in [0.5, 0.6) is 11.5 Å². The van der Waals surface area contributed by atoms with Gasteiger partial charge in [-0.15, -0.1) is 0 Å². The summed E-state index contributed by atoms with van der Waals surface area (Å²) in [7, 11) is 0. The molecule has 0 amide bonds. The van der Waals surface area contributed by atoms with Crippen molar-refractivity contribution in [2.24, 2.45) is 0 Å². The largest absolute Gasteiger partial charge is 0.493 e. The third kappa shape index (κ3) is 3.94. The van der Waals surface area contributed by atoms with Gasteiger partial charge in [0.25, 0.3) is 0 Å². The standard InChI is InChI=1S/C12H17NO4/c1-3-7-16-10-5-6-12(17-8-4-2)11(9-10)13(14)15/h5-6,9H,3-4,7-8H2,1-2H3. The van der Waals surface area contributed by atoms with Crippen LogP contribution in [0.1, 0.15) is 26.7 Å². The molecular formula is C12H17NO4. The first-order chi connectivity index (χ1) is 8.19. The van der Waals surface area contributed by atoms with Crippen molar-refractivity contribution in [1.82, 2.24) is 0 Å². The summed E-state index contributed by atoms with van der Waals surface area (Å²) in [5.74, 6) is 0.795. The van der Waals surface area contributed by atoms with Gasteiger partial charge in [-0.3, -0.25) is 10.1 Å². The van der Waals surface area contributed by atoms with E-state index in [-0.39, 0.29) is 5.69 Å². The minimum Gasteiger partial charge on any atom is -0.493 e. The topological polar surface area (TPSA) is 61.6 Å². The van der Waals surface area contributed by atoms with E-state index in [1.54, 1.807) is 12.1 Å². The van der Waals surface area contributed by atoms with E-state index in [2.05, 4.69) is 0 Å². The average Bonchev–Trinajstić information content (AvgIpc) is 2.34. The third-order valence-corrected chi connectivity index (χ3v) is 2.06. The van der Waals surface area contributed by atoms with Crippen LogP contribution in [0.15, 0.2) is 18.2 Å². The minimum absolute atomic E-state index is 0.0490. The van der Waals surface area contributed by atoms with Gasteiger partial charge in [-0.1, -0.05) is 13.8 Å². The average molecular weight is 239 g/mol. The van der Waals surface area contributed by atoms with E-state index in [9.17, 15) is 10.1 Å². The molecule has 17 heavy (non-hydrogen) atoms. The molecule has 0 saturated carbocycles. The molecule has 0 spiro atoms. The second-order valence-corrected chi connectivity index (χ2v) is 3.58. The molecule has 0 aromatic heterocycles. The third-order valence-electron chi connectivity index (χ3n) is 2.06. The first-order valence-corrected chi connectivity index (χ1v) is 5.73. The van der Waals surface area contributed by atoms with Crippen LogP contribution in [0.2, 0.25) is 0 Å². The molecule has 0 unspecified atom stereocenters. The molecule has 1 rings (SSSR count). The summed E-state index contributed by atoms with van der Waals surface area (Å²) >= 11 is 0. The van der Waals surface area contributed by atoms with Crippen LogP contribution >= 0.6 is 0 Å². The maximum Gasteiger partial charge on any atom is 0.314 e. The molecular weight excluding hydrogens is 222 g/mol. The Morgan fingerprint density at radius 3 is 2.41 bits per heavy atom. The summed E-state index contributed by atoms with van der Waals surface area (Å²) in [6.45, 7) is 4.94. The van der Waals surface area contributed by atoms with Gasteiger partial charge in [0.1, 0.15) is 5.75 Å². The van der Waals surface area contributed by atoms with Gasteiger partial charge in [0, 0.05) is 0 Å². The Hall–Kier alpha value is -1.78. The van der Waals surface area contributed by atoms with Gasteiger partial charge < -0.3 is 9.47 Å². The van der Waals surface area contributed by atoms with Crippen molar-refractivity contribution < 1.29 is 14.4 Å². The molecule has 5 nitrogen and oxygen atoms in total. The van der Waals surface area contributed by atoms with Crippen LogP contribution < -0.4 is 9.47 Å². The van der Waals surface area contributed by atoms with E-state index in [0.717, 1.165) is 12.8 Å². The van der Waals surface area contributed by atoms with Gasteiger partial charge in [-0.05, 0) is 25.0 Å². The van der Waals surface area contributed by atoms with E-state index in [4.69, 9.17) is 9.47 Å². The summed E-state index contributed by atoms with van der Waals surface area (Å²) in [5.41, 5.74) is -0.0490. The molecule has 94 valence electrons. The lowest BCUT2D eigenvalue weighted by Gasteiger charge is -2.08. The van der Waals surface area contributed by atoms with Crippen molar-refractivity contribution in [3.05, 3.63) is 28.3 Å². The second kappa shape index (κ2) is 6.73. The summed E-state index contributed by atoms with van der Waals surface area (Å²) < 4.78 is 10.7. The van der Waals surface area contributed by atoms with E-state index in [1.807, 2.05) is 13.8 Å².